The SMILES string of the molecule is COc1ccccc1CC(F)(F)C1(N)CC1. The van der Waals surface area contributed by atoms with Gasteiger partial charge in [0, 0.05) is 12.0 Å². The quantitative estimate of drug-likeness (QED) is 0.857. The lowest BCUT2D eigenvalue weighted by atomic mass is 9.99. The van der Waals surface area contributed by atoms with Crippen LogP contribution in [0.15, 0.2) is 24.3 Å². The average molecular weight is 227 g/mol. The molecule has 1 aliphatic rings. The number of ether oxygens (including phenoxy) is 1. The number of halogens is 2. The molecule has 0 amide bonds. The van der Waals surface area contributed by atoms with Crippen LogP contribution in [0.25, 0.3) is 0 Å². The van der Waals surface area contributed by atoms with Crippen LogP contribution in [0.2, 0.25) is 0 Å². The van der Waals surface area contributed by atoms with Crippen molar-refractivity contribution in [1.29, 1.82) is 0 Å². The van der Waals surface area contributed by atoms with Gasteiger partial charge in [-0.15, -0.1) is 0 Å². The van der Waals surface area contributed by atoms with Crippen LogP contribution in [0.4, 0.5) is 8.78 Å². The lowest BCUT2D eigenvalue weighted by Crippen LogP contribution is -2.45. The zero-order valence-corrected chi connectivity index (χ0v) is 9.17. The molecule has 4 heteroatoms. The molecular weight excluding hydrogens is 212 g/mol. The Morgan fingerprint density at radius 3 is 2.56 bits per heavy atom. The predicted molar refractivity (Wildman–Crippen MR) is 57.8 cm³/mol. The van der Waals surface area contributed by atoms with E-state index in [-0.39, 0.29) is 6.42 Å². The number of methoxy groups -OCH3 is 1. The molecule has 1 aromatic rings. The molecule has 0 unspecified atom stereocenters. The second kappa shape index (κ2) is 3.70. The van der Waals surface area contributed by atoms with Gasteiger partial charge in [-0.25, -0.2) is 8.78 Å². The number of hydrogen-bond donors (Lipinski definition) is 1. The Morgan fingerprint density at radius 1 is 1.38 bits per heavy atom. The summed E-state index contributed by atoms with van der Waals surface area (Å²) >= 11 is 0. The van der Waals surface area contributed by atoms with Crippen molar-refractivity contribution in [3.05, 3.63) is 29.8 Å². The molecular formula is C12H15F2NO. The summed E-state index contributed by atoms with van der Waals surface area (Å²) < 4.78 is 32.7. The minimum Gasteiger partial charge on any atom is -0.496 e. The summed E-state index contributed by atoms with van der Waals surface area (Å²) in [6, 6.07) is 6.82. The van der Waals surface area contributed by atoms with Gasteiger partial charge in [-0.05, 0) is 18.9 Å². The van der Waals surface area contributed by atoms with Crippen molar-refractivity contribution in [3.8, 4) is 5.75 Å². The summed E-state index contributed by atoms with van der Waals surface area (Å²) in [6.45, 7) is 0. The summed E-state index contributed by atoms with van der Waals surface area (Å²) in [4.78, 5) is 0. The molecule has 0 saturated heterocycles. The standard InChI is InChI=1S/C12H15F2NO/c1-16-10-5-3-2-4-9(10)8-12(13,14)11(15)6-7-11/h2-5H,6-8,15H2,1H3. The maximum Gasteiger partial charge on any atom is 0.269 e. The van der Waals surface area contributed by atoms with Crippen LogP contribution in [0.3, 0.4) is 0 Å². The summed E-state index contributed by atoms with van der Waals surface area (Å²) in [5.41, 5.74) is 4.78. The second-order valence-electron chi connectivity index (χ2n) is 4.35. The molecule has 1 aliphatic carbocycles. The lowest BCUT2D eigenvalue weighted by molar-refractivity contribution is -0.0354. The Kier molecular flexibility index (Phi) is 2.62. The van der Waals surface area contributed by atoms with E-state index in [9.17, 15) is 8.78 Å². The first kappa shape index (κ1) is 11.3. The van der Waals surface area contributed by atoms with Crippen molar-refractivity contribution < 1.29 is 13.5 Å². The topological polar surface area (TPSA) is 35.2 Å². The van der Waals surface area contributed by atoms with Gasteiger partial charge in [-0.2, -0.15) is 0 Å². The maximum absolute atomic E-state index is 13.8. The van der Waals surface area contributed by atoms with Gasteiger partial charge < -0.3 is 10.5 Å². The van der Waals surface area contributed by atoms with Crippen LogP contribution in [-0.2, 0) is 6.42 Å². The van der Waals surface area contributed by atoms with Crippen molar-refractivity contribution in [3.63, 3.8) is 0 Å². The van der Waals surface area contributed by atoms with Gasteiger partial charge in [0.2, 0.25) is 0 Å². The van der Waals surface area contributed by atoms with E-state index in [2.05, 4.69) is 0 Å². The highest BCUT2D eigenvalue weighted by Crippen LogP contribution is 2.47. The minimum atomic E-state index is -2.86. The van der Waals surface area contributed by atoms with Crippen LogP contribution in [0.1, 0.15) is 18.4 Å². The van der Waals surface area contributed by atoms with Crippen LogP contribution < -0.4 is 10.5 Å². The van der Waals surface area contributed by atoms with Gasteiger partial charge in [0.25, 0.3) is 5.92 Å². The van der Waals surface area contributed by atoms with Gasteiger partial charge in [-0.3, -0.25) is 0 Å². The average Bonchev–Trinajstić information content (AvgIpc) is 2.98. The first-order chi connectivity index (χ1) is 7.48. The van der Waals surface area contributed by atoms with Gasteiger partial charge in [-0.1, -0.05) is 18.2 Å². The third kappa shape index (κ3) is 1.89. The number of hydrogen-bond acceptors (Lipinski definition) is 2. The van der Waals surface area contributed by atoms with Crippen molar-refractivity contribution in [1.82, 2.24) is 0 Å². The third-order valence-electron chi connectivity index (χ3n) is 3.12. The third-order valence-corrected chi connectivity index (χ3v) is 3.12. The fraction of sp³-hybridized carbons (Fsp3) is 0.500. The molecule has 0 spiro atoms. The lowest BCUT2D eigenvalue weighted by Gasteiger charge is -2.23. The largest absolute Gasteiger partial charge is 0.496 e. The Balaban J connectivity index is 2.20. The molecule has 1 aromatic carbocycles. The fourth-order valence-electron chi connectivity index (χ4n) is 1.76. The number of para-hydroxylation sites is 1. The van der Waals surface area contributed by atoms with E-state index in [1.807, 2.05) is 0 Å². The van der Waals surface area contributed by atoms with Crippen molar-refractivity contribution in [2.75, 3.05) is 7.11 Å². The van der Waals surface area contributed by atoms with E-state index >= 15 is 0 Å². The summed E-state index contributed by atoms with van der Waals surface area (Å²) in [6.07, 6.45) is 0.442. The molecule has 2 rings (SSSR count). The molecule has 16 heavy (non-hydrogen) atoms. The van der Waals surface area contributed by atoms with E-state index in [1.54, 1.807) is 24.3 Å². The number of benzene rings is 1. The molecule has 2 nitrogen and oxygen atoms in total. The molecule has 1 fully saturated rings. The Morgan fingerprint density at radius 2 is 2.00 bits per heavy atom. The zero-order valence-electron chi connectivity index (χ0n) is 9.17. The fourth-order valence-corrected chi connectivity index (χ4v) is 1.76. The molecule has 0 radical (unpaired) electrons. The molecule has 0 aliphatic heterocycles. The van der Waals surface area contributed by atoms with Crippen LogP contribution in [0.5, 0.6) is 5.75 Å². The summed E-state index contributed by atoms with van der Waals surface area (Å²) in [5, 5.41) is 0. The van der Waals surface area contributed by atoms with Crippen LogP contribution >= 0.6 is 0 Å². The monoisotopic (exact) mass is 227 g/mol. The van der Waals surface area contributed by atoms with E-state index in [0.29, 0.717) is 24.2 Å². The first-order valence-electron chi connectivity index (χ1n) is 5.27. The highest BCUT2D eigenvalue weighted by atomic mass is 19.3. The van der Waals surface area contributed by atoms with Gasteiger partial charge >= 0.3 is 0 Å². The Labute approximate surface area is 93.4 Å². The van der Waals surface area contributed by atoms with Crippen LogP contribution in [0, 0.1) is 0 Å². The highest BCUT2D eigenvalue weighted by molar-refractivity contribution is 5.35. The van der Waals surface area contributed by atoms with Crippen LogP contribution in [-0.4, -0.2) is 18.6 Å². The van der Waals surface area contributed by atoms with Crippen molar-refractivity contribution in [2.45, 2.75) is 30.7 Å². The summed E-state index contributed by atoms with van der Waals surface area (Å²) in [7, 11) is 1.48. The van der Waals surface area contributed by atoms with Gasteiger partial charge in [0.1, 0.15) is 5.75 Å². The van der Waals surface area contributed by atoms with Crippen molar-refractivity contribution in [2.24, 2.45) is 5.73 Å². The molecule has 0 bridgehead atoms. The van der Waals surface area contributed by atoms with Gasteiger partial charge in [0.05, 0.1) is 12.6 Å². The number of alkyl halides is 2. The predicted octanol–water partition coefficient (Wildman–Crippen LogP) is 2.36. The molecule has 0 aromatic heterocycles. The van der Waals surface area contributed by atoms with Crippen molar-refractivity contribution >= 4 is 0 Å². The minimum absolute atomic E-state index is 0.354. The first-order valence-corrected chi connectivity index (χ1v) is 5.27. The highest BCUT2D eigenvalue weighted by Gasteiger charge is 2.59. The zero-order chi connectivity index (χ0) is 11.8. The smallest absolute Gasteiger partial charge is 0.269 e. The molecule has 0 heterocycles. The second-order valence-corrected chi connectivity index (χ2v) is 4.35. The summed E-state index contributed by atoms with van der Waals surface area (Å²) in [5.74, 6) is -2.37. The molecule has 2 N–H and O–H groups in total. The Hall–Kier alpha value is -1.16. The molecule has 1 saturated carbocycles. The number of rotatable bonds is 4. The van der Waals surface area contributed by atoms with Gasteiger partial charge in [0.15, 0.2) is 0 Å². The van der Waals surface area contributed by atoms with E-state index in [1.165, 1.54) is 7.11 Å². The normalized spacial score (nSPS) is 18.2. The van der Waals surface area contributed by atoms with E-state index in [4.69, 9.17) is 10.5 Å². The Bertz CT molecular complexity index is 388. The van der Waals surface area contributed by atoms with E-state index in [0.717, 1.165) is 0 Å². The maximum atomic E-state index is 13.8. The molecule has 0 atom stereocenters. The van der Waals surface area contributed by atoms with E-state index < -0.39 is 11.5 Å². The number of nitrogens with two attached hydrogens (primary N) is 1. The molecule has 88 valence electrons.